The summed E-state index contributed by atoms with van der Waals surface area (Å²) in [5, 5.41) is 0. The number of carbonyl (C=O) groups is 1. The Balaban J connectivity index is 2.24. The van der Waals surface area contributed by atoms with Gasteiger partial charge in [0.1, 0.15) is 17.5 Å². The van der Waals surface area contributed by atoms with Gasteiger partial charge < -0.3 is 19.6 Å². The highest BCUT2D eigenvalue weighted by Gasteiger charge is 2.20. The van der Waals surface area contributed by atoms with Gasteiger partial charge >= 0.3 is 5.97 Å². The van der Waals surface area contributed by atoms with Gasteiger partial charge in [0, 0.05) is 38.8 Å². The molecule has 0 bridgehead atoms. The van der Waals surface area contributed by atoms with E-state index in [2.05, 4.69) is 14.7 Å². The molecule has 2 N–H and O–H groups in total. The summed E-state index contributed by atoms with van der Waals surface area (Å²) in [5.74, 6) is 1.58. The van der Waals surface area contributed by atoms with E-state index in [1.165, 1.54) is 7.11 Å². The van der Waals surface area contributed by atoms with Crippen LogP contribution in [0, 0.1) is 0 Å². The number of methoxy groups -OCH3 is 1. The Morgan fingerprint density at radius 1 is 1.45 bits per heavy atom. The fourth-order valence-corrected chi connectivity index (χ4v) is 2.13. The quantitative estimate of drug-likeness (QED) is 0.816. The Labute approximate surface area is 117 Å². The van der Waals surface area contributed by atoms with E-state index in [4.69, 9.17) is 5.73 Å². The molecular weight excluding hydrogens is 258 g/mol. The summed E-state index contributed by atoms with van der Waals surface area (Å²) in [6.45, 7) is 2.60. The van der Waals surface area contributed by atoms with E-state index in [1.807, 2.05) is 29.3 Å². The Kier molecular flexibility index (Phi) is 4.07. The molecule has 0 saturated carbocycles. The summed E-state index contributed by atoms with van der Waals surface area (Å²) in [6, 6.07) is 0. The minimum Gasteiger partial charge on any atom is -0.464 e. The maximum absolute atomic E-state index is 11.6. The van der Waals surface area contributed by atoms with Crippen LogP contribution in [0.5, 0.6) is 0 Å². The number of nitrogens with zero attached hydrogens (tertiary/aromatic N) is 4. The maximum atomic E-state index is 11.6. The van der Waals surface area contributed by atoms with Crippen LogP contribution in [-0.4, -0.2) is 32.2 Å². The monoisotopic (exact) mass is 277 g/mol. The number of nitrogen functional groups attached to an aromatic ring is 1. The largest absolute Gasteiger partial charge is 0.464 e. The van der Waals surface area contributed by atoms with Gasteiger partial charge in [0.2, 0.25) is 0 Å². The second kappa shape index (κ2) is 5.77. The van der Waals surface area contributed by atoms with Crippen LogP contribution >= 0.6 is 0 Å². The number of ether oxygens (including phenoxy) is 1. The molecule has 0 saturated heterocycles. The van der Waals surface area contributed by atoms with Crippen molar-refractivity contribution in [2.24, 2.45) is 7.05 Å². The van der Waals surface area contributed by atoms with Gasteiger partial charge in [-0.15, -0.1) is 0 Å². The van der Waals surface area contributed by atoms with Gasteiger partial charge in [-0.2, -0.15) is 0 Å². The third kappa shape index (κ3) is 2.52. The van der Waals surface area contributed by atoms with E-state index in [-0.39, 0.29) is 5.69 Å². The molecule has 0 unspecified atom stereocenters. The summed E-state index contributed by atoms with van der Waals surface area (Å²) in [5.41, 5.74) is 6.19. The molecule has 7 heteroatoms. The van der Waals surface area contributed by atoms with Crippen LogP contribution < -0.4 is 5.73 Å². The smallest absolute Gasteiger partial charge is 0.360 e. The molecule has 0 spiro atoms. The number of aryl methyl sites for hydroxylation is 3. The molecule has 0 fully saturated rings. The molecule has 2 heterocycles. The molecule has 7 nitrogen and oxygen atoms in total. The van der Waals surface area contributed by atoms with Crippen LogP contribution in [0.3, 0.4) is 0 Å². The lowest BCUT2D eigenvalue weighted by molar-refractivity contribution is 0.0595. The molecule has 108 valence electrons. The number of carbonyl (C=O) groups excluding carboxylic acids is 1. The van der Waals surface area contributed by atoms with Crippen molar-refractivity contribution in [3.8, 4) is 0 Å². The van der Waals surface area contributed by atoms with E-state index in [9.17, 15) is 4.79 Å². The average molecular weight is 277 g/mol. The standard InChI is InChI=1S/C13H19N5O2/c1-4-9-16-11(13(19)20-3)12(14)18(9)7-5-10-15-6-8-17(10)2/h6,8H,4-5,7,14H2,1-3H3. The number of rotatable bonds is 5. The van der Waals surface area contributed by atoms with E-state index >= 15 is 0 Å². The van der Waals surface area contributed by atoms with E-state index in [0.717, 1.165) is 18.1 Å². The number of aromatic nitrogens is 4. The molecule has 2 aromatic rings. The van der Waals surface area contributed by atoms with Crippen molar-refractivity contribution in [3.05, 3.63) is 29.7 Å². The van der Waals surface area contributed by atoms with Crippen LogP contribution in [0.1, 0.15) is 29.1 Å². The zero-order valence-electron chi connectivity index (χ0n) is 12.0. The Morgan fingerprint density at radius 2 is 2.20 bits per heavy atom. The molecule has 0 radical (unpaired) electrons. The first-order valence-electron chi connectivity index (χ1n) is 6.47. The SMILES string of the molecule is CCc1nc(C(=O)OC)c(N)n1CCc1nccn1C. The maximum Gasteiger partial charge on any atom is 0.360 e. The van der Waals surface area contributed by atoms with Crippen LogP contribution in [0.2, 0.25) is 0 Å². The van der Waals surface area contributed by atoms with Crippen molar-refractivity contribution in [3.63, 3.8) is 0 Å². The molecule has 0 aliphatic heterocycles. The minimum atomic E-state index is -0.507. The number of hydrogen-bond acceptors (Lipinski definition) is 5. The third-order valence-electron chi connectivity index (χ3n) is 3.26. The van der Waals surface area contributed by atoms with E-state index in [1.54, 1.807) is 6.20 Å². The van der Waals surface area contributed by atoms with Crippen molar-refractivity contribution < 1.29 is 9.53 Å². The number of nitrogens with two attached hydrogens (primary N) is 1. The fraction of sp³-hybridized carbons (Fsp3) is 0.462. The lowest BCUT2D eigenvalue weighted by atomic mass is 10.3. The predicted molar refractivity (Wildman–Crippen MR) is 74.3 cm³/mol. The van der Waals surface area contributed by atoms with Crippen molar-refractivity contribution in [1.29, 1.82) is 0 Å². The molecular formula is C13H19N5O2. The van der Waals surface area contributed by atoms with Crippen LogP contribution in [0.25, 0.3) is 0 Å². The Hall–Kier alpha value is -2.31. The molecule has 0 aromatic carbocycles. The number of anilines is 1. The van der Waals surface area contributed by atoms with Crippen molar-refractivity contribution in [2.75, 3.05) is 12.8 Å². The van der Waals surface area contributed by atoms with Gasteiger partial charge in [-0.05, 0) is 0 Å². The van der Waals surface area contributed by atoms with Crippen molar-refractivity contribution in [2.45, 2.75) is 26.3 Å². The zero-order chi connectivity index (χ0) is 14.7. The van der Waals surface area contributed by atoms with Gasteiger partial charge in [-0.25, -0.2) is 14.8 Å². The predicted octanol–water partition coefficient (Wildman–Crippen LogP) is 0.790. The first-order chi connectivity index (χ1) is 9.58. The summed E-state index contributed by atoms with van der Waals surface area (Å²) in [6.07, 6.45) is 5.07. The van der Waals surface area contributed by atoms with Crippen LogP contribution in [0.4, 0.5) is 5.82 Å². The first-order valence-corrected chi connectivity index (χ1v) is 6.47. The highest BCUT2D eigenvalue weighted by atomic mass is 16.5. The molecule has 2 rings (SSSR count). The highest BCUT2D eigenvalue weighted by molar-refractivity contribution is 5.92. The van der Waals surface area contributed by atoms with Gasteiger partial charge in [0.05, 0.1) is 7.11 Å². The van der Waals surface area contributed by atoms with Crippen LogP contribution in [-0.2, 0) is 31.2 Å². The Bertz CT molecular complexity index is 614. The highest BCUT2D eigenvalue weighted by Crippen LogP contribution is 2.17. The molecule has 0 aliphatic carbocycles. The van der Waals surface area contributed by atoms with Gasteiger partial charge in [-0.3, -0.25) is 0 Å². The van der Waals surface area contributed by atoms with E-state index < -0.39 is 5.97 Å². The first kappa shape index (κ1) is 14.1. The molecule has 2 aromatic heterocycles. The summed E-state index contributed by atoms with van der Waals surface area (Å²) in [4.78, 5) is 20.1. The minimum absolute atomic E-state index is 0.184. The summed E-state index contributed by atoms with van der Waals surface area (Å²) >= 11 is 0. The topological polar surface area (TPSA) is 88.0 Å². The molecule has 0 aliphatic rings. The third-order valence-corrected chi connectivity index (χ3v) is 3.26. The summed E-state index contributed by atoms with van der Waals surface area (Å²) in [7, 11) is 3.26. The molecule has 0 atom stereocenters. The molecule has 20 heavy (non-hydrogen) atoms. The number of imidazole rings is 2. The van der Waals surface area contributed by atoms with Gasteiger partial charge in [0.25, 0.3) is 0 Å². The lowest BCUT2D eigenvalue weighted by Crippen LogP contribution is -2.12. The van der Waals surface area contributed by atoms with Crippen molar-refractivity contribution in [1.82, 2.24) is 19.1 Å². The van der Waals surface area contributed by atoms with Crippen molar-refractivity contribution >= 4 is 11.8 Å². The zero-order valence-corrected chi connectivity index (χ0v) is 12.0. The summed E-state index contributed by atoms with van der Waals surface area (Å²) < 4.78 is 8.49. The Morgan fingerprint density at radius 3 is 2.75 bits per heavy atom. The number of esters is 1. The molecule has 0 amide bonds. The fourth-order valence-electron chi connectivity index (χ4n) is 2.13. The second-order valence-corrected chi connectivity index (χ2v) is 4.46. The van der Waals surface area contributed by atoms with Gasteiger partial charge in [0.15, 0.2) is 5.69 Å². The van der Waals surface area contributed by atoms with Gasteiger partial charge in [-0.1, -0.05) is 6.92 Å². The van der Waals surface area contributed by atoms with E-state index in [0.29, 0.717) is 18.8 Å². The normalized spacial score (nSPS) is 10.8. The lowest BCUT2D eigenvalue weighted by Gasteiger charge is -2.08. The second-order valence-electron chi connectivity index (χ2n) is 4.46. The van der Waals surface area contributed by atoms with Crippen LogP contribution in [0.15, 0.2) is 12.4 Å². The number of hydrogen-bond donors (Lipinski definition) is 1. The average Bonchev–Trinajstić information content (AvgIpc) is 2.99.